The molecule has 4 rings (SSSR count). The van der Waals surface area contributed by atoms with Crippen LogP contribution in [0.3, 0.4) is 0 Å². The van der Waals surface area contributed by atoms with Crippen molar-refractivity contribution in [1.29, 1.82) is 0 Å². The number of terminal acetylenes is 1. The van der Waals surface area contributed by atoms with Gasteiger partial charge in [0, 0.05) is 42.2 Å². The topological polar surface area (TPSA) is 222 Å². The molecule has 2 heterocycles. The molecule has 0 radical (unpaired) electrons. The van der Waals surface area contributed by atoms with Gasteiger partial charge < -0.3 is 15.7 Å². The van der Waals surface area contributed by atoms with Gasteiger partial charge in [0.05, 0.1) is 17.0 Å². The van der Waals surface area contributed by atoms with Crippen LogP contribution < -0.4 is 5.32 Å². The van der Waals surface area contributed by atoms with E-state index in [1.807, 2.05) is 0 Å². The fraction of sp³-hybridized carbons (Fsp3) is 0.353. The van der Waals surface area contributed by atoms with Crippen molar-refractivity contribution in [2.24, 2.45) is 5.41 Å². The van der Waals surface area contributed by atoms with Crippen molar-refractivity contribution >= 4 is 61.7 Å². The van der Waals surface area contributed by atoms with E-state index in [0.29, 0.717) is 4.90 Å². The van der Waals surface area contributed by atoms with Crippen LogP contribution in [-0.2, 0) is 34.0 Å². The number of amides is 4. The normalized spacial score (nSPS) is 16.8. The number of Topliss-reactive ketones (excluding diaryl/α,β-unsaturated/α-hetero) is 1. The average Bonchev–Trinajstić information content (AvgIpc) is 3.44. The van der Waals surface area contributed by atoms with Crippen molar-refractivity contribution < 1.29 is 42.1 Å². The smallest absolute Gasteiger partial charge is 0.360 e. The molecule has 266 valence electrons. The Bertz CT molecular complexity index is 2190. The Balaban J connectivity index is 1.96. The Kier molecular flexibility index (Phi) is 10.5. The molecule has 51 heavy (non-hydrogen) atoms. The molecule has 17 heteroatoms. The molecule has 1 aliphatic rings. The third-order valence-electron chi connectivity index (χ3n) is 8.31. The van der Waals surface area contributed by atoms with Crippen LogP contribution in [0.1, 0.15) is 59.1 Å². The van der Waals surface area contributed by atoms with Crippen molar-refractivity contribution in [1.82, 2.24) is 19.1 Å². The monoisotopic (exact) mass is 717 g/mol. The highest BCUT2D eigenvalue weighted by Crippen LogP contribution is 2.39. The molecule has 1 saturated heterocycles. The Morgan fingerprint density at radius 2 is 1.78 bits per heavy atom. The number of aromatic nitrogens is 1. The van der Waals surface area contributed by atoms with Crippen LogP contribution >= 0.6 is 0 Å². The first-order valence-corrected chi connectivity index (χ1v) is 17.0. The van der Waals surface area contributed by atoms with Crippen molar-refractivity contribution in [3.63, 3.8) is 0 Å². The number of piperidine rings is 1. The van der Waals surface area contributed by atoms with Gasteiger partial charge in [-0.15, -0.1) is 6.42 Å². The number of nitrogens with one attached hydrogen (secondary N) is 1. The zero-order valence-electron chi connectivity index (χ0n) is 28.4. The van der Waals surface area contributed by atoms with Crippen molar-refractivity contribution in [3.05, 3.63) is 75.9 Å². The summed E-state index contributed by atoms with van der Waals surface area (Å²) < 4.78 is 29.0. The van der Waals surface area contributed by atoms with Gasteiger partial charge in [0.15, 0.2) is 4.90 Å². The third kappa shape index (κ3) is 7.05. The lowest BCUT2D eigenvalue weighted by Gasteiger charge is -2.41. The zero-order valence-corrected chi connectivity index (χ0v) is 29.3. The van der Waals surface area contributed by atoms with E-state index in [1.165, 1.54) is 37.3 Å². The maximum absolute atomic E-state index is 14.7. The predicted molar refractivity (Wildman–Crippen MR) is 182 cm³/mol. The number of rotatable bonds is 10. The maximum atomic E-state index is 14.7. The van der Waals surface area contributed by atoms with Gasteiger partial charge in [-0.2, -0.15) is 4.79 Å². The number of carbonyl (C=O) groups excluding carboxylic acids is 5. The number of nitro benzene ring substituents is 1. The summed E-state index contributed by atoms with van der Waals surface area (Å²) in [6, 6.07) is 9.05. The van der Waals surface area contributed by atoms with Crippen LogP contribution in [0, 0.1) is 27.9 Å². The van der Waals surface area contributed by atoms with Crippen LogP contribution in [0.25, 0.3) is 16.4 Å². The highest BCUT2D eigenvalue weighted by molar-refractivity contribution is 7.90. The summed E-state index contributed by atoms with van der Waals surface area (Å²) in [4.78, 5) is 82.6. The van der Waals surface area contributed by atoms with E-state index in [9.17, 15) is 48.0 Å². The van der Waals surface area contributed by atoms with Gasteiger partial charge in [0.2, 0.25) is 23.5 Å². The quantitative estimate of drug-likeness (QED) is 0.0618. The number of imide groups is 1. The van der Waals surface area contributed by atoms with Crippen LogP contribution in [-0.4, -0.2) is 85.7 Å². The Labute approximate surface area is 293 Å². The van der Waals surface area contributed by atoms with Gasteiger partial charge in [-0.3, -0.25) is 39.0 Å². The molecule has 0 aliphatic carbocycles. The molecule has 1 fully saturated rings. The van der Waals surface area contributed by atoms with Gasteiger partial charge in [-0.25, -0.2) is 12.4 Å². The summed E-state index contributed by atoms with van der Waals surface area (Å²) in [5.41, 5.74) is 4.73. The number of carbonyl (C=O) groups is 5. The number of hydrogen-bond donors (Lipinski definition) is 1. The zero-order chi connectivity index (χ0) is 38.1. The second-order valence-corrected chi connectivity index (χ2v) is 14.9. The largest absolute Gasteiger partial charge is 0.421 e. The molecular weight excluding hydrogens is 682 g/mol. The molecule has 4 amide bonds. The first-order valence-electron chi connectivity index (χ1n) is 15.6. The molecule has 2 atom stereocenters. The first-order chi connectivity index (χ1) is 23.8. The summed E-state index contributed by atoms with van der Waals surface area (Å²) in [5, 5.41) is 14.8. The van der Waals surface area contributed by atoms with Gasteiger partial charge >= 0.3 is 11.6 Å². The van der Waals surface area contributed by atoms with E-state index in [0.717, 1.165) is 34.1 Å². The fourth-order valence-electron chi connectivity index (χ4n) is 5.99. The maximum Gasteiger partial charge on any atom is 0.421 e. The van der Waals surface area contributed by atoms with Crippen LogP contribution in [0.15, 0.2) is 59.6 Å². The number of fused-ring (bicyclic) bond motifs is 1. The van der Waals surface area contributed by atoms with E-state index in [1.54, 1.807) is 26.8 Å². The minimum Gasteiger partial charge on any atom is -0.360 e. The van der Waals surface area contributed by atoms with Gasteiger partial charge in [-0.05, 0) is 52.7 Å². The molecule has 1 unspecified atom stereocenters. The summed E-state index contributed by atoms with van der Waals surface area (Å²) in [6.07, 6.45) is 6.78. The number of nitrogens with zero attached hydrogens (tertiary/aromatic N) is 6. The minimum absolute atomic E-state index is 0.0177. The first kappa shape index (κ1) is 37.8. The van der Waals surface area contributed by atoms with Crippen molar-refractivity contribution in [2.45, 2.75) is 63.9 Å². The van der Waals surface area contributed by atoms with Crippen LogP contribution in [0.4, 0.5) is 5.69 Å². The second-order valence-electron chi connectivity index (χ2n) is 13.1. The van der Waals surface area contributed by atoms with Gasteiger partial charge in [-0.1, -0.05) is 36.3 Å². The molecule has 1 aromatic heterocycles. The van der Waals surface area contributed by atoms with E-state index < -0.39 is 84.2 Å². The number of likely N-dealkylation sites (tertiary alicyclic amines) is 1. The highest BCUT2D eigenvalue weighted by atomic mass is 32.2. The van der Waals surface area contributed by atoms with Crippen molar-refractivity contribution in [2.75, 3.05) is 13.1 Å². The van der Waals surface area contributed by atoms with Gasteiger partial charge in [0.1, 0.15) is 11.5 Å². The van der Waals surface area contributed by atoms with E-state index in [-0.39, 0.29) is 35.9 Å². The fourth-order valence-corrected chi connectivity index (χ4v) is 7.53. The molecule has 1 N–H and O–H groups in total. The number of hydrogen-bond acceptors (Lipinski definition) is 9. The number of ketones is 1. The number of nitro groups is 1. The highest BCUT2D eigenvalue weighted by Gasteiger charge is 2.53. The molecule has 0 bridgehead atoms. The molecule has 2 aromatic carbocycles. The Morgan fingerprint density at radius 1 is 1.16 bits per heavy atom. The molecule has 0 spiro atoms. The van der Waals surface area contributed by atoms with E-state index in [4.69, 9.17) is 6.42 Å². The summed E-state index contributed by atoms with van der Waals surface area (Å²) >= 11 is 0. The van der Waals surface area contributed by atoms with Crippen LogP contribution in [0.2, 0.25) is 0 Å². The predicted octanol–water partition coefficient (Wildman–Crippen LogP) is 2.62. The lowest BCUT2D eigenvalue weighted by Crippen LogP contribution is -2.60. The molecule has 16 nitrogen and oxygen atoms in total. The second kappa shape index (κ2) is 14.1. The lowest BCUT2D eigenvalue weighted by molar-refractivity contribution is -0.387. The van der Waals surface area contributed by atoms with E-state index in [2.05, 4.69) is 16.0 Å². The molecule has 1 aliphatic heterocycles. The van der Waals surface area contributed by atoms with E-state index >= 15 is 0 Å². The molecule has 0 saturated carbocycles. The summed E-state index contributed by atoms with van der Waals surface area (Å²) in [7, 11) is -4.71. The Morgan fingerprint density at radius 3 is 2.37 bits per heavy atom. The standard InChI is InChI=1S/C34H35N7O9S/c1-7-18-38(31(45)34(6)17-12-19-39(32(34)46)30(44)27(37-35)21(2)42)28(29(43)36-33(3,4)5)23-20-40(24-14-9-8-13-22(23)24)51(49,50)26-16-11-10-15-25(26)41(47)48/h1,8-11,13-16,20,28H,12,17-19H2,2-6H3,(H,36,43)/t28?,34-/m1/s1. The van der Waals surface area contributed by atoms with Crippen LogP contribution in [0.5, 0.6) is 0 Å². The number of para-hydroxylation sites is 2. The molecule has 3 aromatic rings. The third-order valence-corrected chi connectivity index (χ3v) is 10.0. The SMILES string of the molecule is C#CCN(C(=O)[C@@]1(C)CCCN(C(=O)C(=[N+]=[N-])C(C)=O)C1=O)C(C(=O)NC(C)(C)C)c1cn(S(=O)(=O)c2ccccc2[N+](=O)[O-])c2ccccc12. The number of benzene rings is 2. The lowest BCUT2D eigenvalue weighted by atomic mass is 9.78. The summed E-state index contributed by atoms with van der Waals surface area (Å²) in [6.45, 7) is 6.46. The minimum atomic E-state index is -4.71. The van der Waals surface area contributed by atoms with Crippen molar-refractivity contribution in [3.8, 4) is 12.3 Å². The van der Waals surface area contributed by atoms with Gasteiger partial charge in [0.25, 0.3) is 15.7 Å². The Hall–Kier alpha value is -5.98. The molecular formula is C34H35N7O9S. The summed E-state index contributed by atoms with van der Waals surface area (Å²) in [5.74, 6) is -2.64. The average molecular weight is 718 g/mol.